The first-order chi connectivity index (χ1) is 15.1. The lowest BCUT2D eigenvalue weighted by atomic mass is 9.94. The molecule has 162 valence electrons. The molecule has 1 saturated heterocycles. The van der Waals surface area contributed by atoms with E-state index in [1.807, 2.05) is 4.90 Å². The zero-order valence-electron chi connectivity index (χ0n) is 17.2. The van der Waals surface area contributed by atoms with Crippen molar-refractivity contribution in [1.82, 2.24) is 24.4 Å². The molecule has 1 fully saturated rings. The van der Waals surface area contributed by atoms with Crippen LogP contribution in [0.5, 0.6) is 0 Å². The fraction of sp³-hybridized carbons (Fsp3) is 0.455. The number of piperidine rings is 1. The van der Waals surface area contributed by atoms with E-state index in [4.69, 9.17) is 10.4 Å². The molecule has 2 aromatic heterocycles. The molecule has 0 radical (unpaired) electrons. The summed E-state index contributed by atoms with van der Waals surface area (Å²) in [6.07, 6.45) is 9.31. The molecule has 0 unspecified atom stereocenters. The van der Waals surface area contributed by atoms with Gasteiger partial charge in [-0.2, -0.15) is 0 Å². The highest BCUT2D eigenvalue weighted by molar-refractivity contribution is 9.10. The van der Waals surface area contributed by atoms with Crippen molar-refractivity contribution in [3.63, 3.8) is 0 Å². The number of H-pyrrole nitrogens is 1. The normalized spacial score (nSPS) is 16.7. The highest BCUT2D eigenvalue weighted by Gasteiger charge is 2.19. The van der Waals surface area contributed by atoms with Crippen LogP contribution in [0.2, 0.25) is 0 Å². The Hall–Kier alpha value is -2.13. The number of nitrogens with zero attached hydrogens (tertiary/aromatic N) is 4. The number of fused-ring (bicyclic) bond motifs is 2. The Morgan fingerprint density at radius 1 is 1.26 bits per heavy atom. The minimum atomic E-state index is 0.220. The number of carbonyl (C=O) groups is 1. The number of amides is 1. The van der Waals surface area contributed by atoms with Crippen molar-refractivity contribution in [1.29, 1.82) is 5.41 Å². The molecule has 3 heterocycles. The summed E-state index contributed by atoms with van der Waals surface area (Å²) in [6, 6.07) is 4.50. The first-order valence-corrected chi connectivity index (χ1v) is 12.4. The third-order valence-corrected chi connectivity index (χ3v) is 8.29. The Labute approximate surface area is 193 Å². The molecule has 0 saturated carbocycles. The third-order valence-electron chi connectivity index (χ3n) is 6.43. The SMILES string of the molecule is N=c1ncn(CCC2CCN(C=O)CC2)c2nc(Sc3cc4c(cc3Br)CCC4)[nH]c12. The molecule has 0 bridgehead atoms. The maximum atomic E-state index is 10.9. The number of likely N-dealkylation sites (tertiary alicyclic amines) is 1. The second kappa shape index (κ2) is 8.78. The standard InChI is InChI=1S/C22H25BrN6OS/c23-17-10-15-2-1-3-16(15)11-18(17)31-22-26-19-20(24)25-12-29(21(19)27-22)9-6-14-4-7-28(13-30)8-5-14/h10-14,24H,1-9H2,(H,26,27). The molecule has 7 nitrogen and oxygen atoms in total. The van der Waals surface area contributed by atoms with Gasteiger partial charge in [-0.1, -0.05) is 11.8 Å². The second-order valence-electron chi connectivity index (χ2n) is 8.41. The molecule has 3 aromatic rings. The van der Waals surface area contributed by atoms with Gasteiger partial charge in [-0.15, -0.1) is 0 Å². The first kappa shape index (κ1) is 20.8. The monoisotopic (exact) mass is 500 g/mol. The van der Waals surface area contributed by atoms with Crippen LogP contribution in [0, 0.1) is 11.3 Å². The van der Waals surface area contributed by atoms with Crippen LogP contribution in [0.1, 0.15) is 36.8 Å². The molecule has 9 heteroatoms. The van der Waals surface area contributed by atoms with Gasteiger partial charge in [0.1, 0.15) is 5.52 Å². The molecule has 2 N–H and O–H groups in total. The second-order valence-corrected chi connectivity index (χ2v) is 10.3. The number of aromatic nitrogens is 4. The van der Waals surface area contributed by atoms with Crippen LogP contribution in [0.3, 0.4) is 0 Å². The maximum Gasteiger partial charge on any atom is 0.209 e. The average Bonchev–Trinajstić information content (AvgIpc) is 3.41. The molecule has 0 atom stereocenters. The minimum Gasteiger partial charge on any atom is -0.345 e. The number of halogens is 1. The number of aryl methyl sites for hydroxylation is 3. The highest BCUT2D eigenvalue weighted by Crippen LogP contribution is 2.37. The van der Waals surface area contributed by atoms with Crippen molar-refractivity contribution in [3.05, 3.63) is 39.5 Å². The number of carbonyl (C=O) groups excluding carboxylic acids is 1. The number of benzene rings is 1. The fourth-order valence-corrected chi connectivity index (χ4v) is 6.08. The molecule has 5 rings (SSSR count). The highest BCUT2D eigenvalue weighted by atomic mass is 79.9. The van der Waals surface area contributed by atoms with Crippen molar-refractivity contribution in [2.45, 2.75) is 55.1 Å². The Morgan fingerprint density at radius 2 is 2.03 bits per heavy atom. The number of hydrogen-bond donors (Lipinski definition) is 2. The Bertz CT molecular complexity index is 1180. The predicted molar refractivity (Wildman–Crippen MR) is 123 cm³/mol. The summed E-state index contributed by atoms with van der Waals surface area (Å²) in [4.78, 5) is 26.3. The van der Waals surface area contributed by atoms with Gasteiger partial charge in [0.2, 0.25) is 6.41 Å². The molecule has 0 spiro atoms. The zero-order valence-corrected chi connectivity index (χ0v) is 19.6. The molecule has 2 aliphatic rings. The van der Waals surface area contributed by atoms with Crippen molar-refractivity contribution in [2.75, 3.05) is 13.1 Å². The lowest BCUT2D eigenvalue weighted by Crippen LogP contribution is -2.32. The summed E-state index contributed by atoms with van der Waals surface area (Å²) in [6.45, 7) is 2.50. The van der Waals surface area contributed by atoms with E-state index < -0.39 is 0 Å². The van der Waals surface area contributed by atoms with Gasteiger partial charge in [-0.3, -0.25) is 10.2 Å². The Kier molecular flexibility index (Phi) is 5.88. The van der Waals surface area contributed by atoms with Crippen molar-refractivity contribution < 1.29 is 4.79 Å². The largest absolute Gasteiger partial charge is 0.345 e. The number of imidazole rings is 1. The lowest BCUT2D eigenvalue weighted by molar-refractivity contribution is -0.119. The maximum absolute atomic E-state index is 10.9. The van der Waals surface area contributed by atoms with E-state index in [2.05, 4.69) is 42.6 Å². The number of hydrogen-bond acceptors (Lipinski definition) is 5. The Balaban J connectivity index is 1.35. The number of aromatic amines is 1. The molecular formula is C22H25BrN6OS. The van der Waals surface area contributed by atoms with E-state index in [9.17, 15) is 4.79 Å². The minimum absolute atomic E-state index is 0.220. The topological polar surface area (TPSA) is 90.7 Å². The lowest BCUT2D eigenvalue weighted by Gasteiger charge is -2.29. The molecule has 1 aliphatic carbocycles. The summed E-state index contributed by atoms with van der Waals surface area (Å²) in [5.74, 6) is 0.601. The van der Waals surface area contributed by atoms with E-state index in [1.54, 1.807) is 18.1 Å². The van der Waals surface area contributed by atoms with Crippen molar-refractivity contribution >= 4 is 45.3 Å². The number of nitrogens with one attached hydrogen (secondary N) is 2. The molecule has 1 amide bonds. The van der Waals surface area contributed by atoms with E-state index in [1.165, 1.54) is 17.5 Å². The number of rotatable bonds is 6. The molecule has 1 aromatic carbocycles. The van der Waals surface area contributed by atoms with E-state index >= 15 is 0 Å². The van der Waals surface area contributed by atoms with Gasteiger partial charge in [-0.25, -0.2) is 9.97 Å². The average molecular weight is 501 g/mol. The predicted octanol–water partition coefficient (Wildman–Crippen LogP) is 3.90. The third kappa shape index (κ3) is 4.30. The molecular weight excluding hydrogens is 476 g/mol. The summed E-state index contributed by atoms with van der Waals surface area (Å²) < 4.78 is 3.15. The molecule has 31 heavy (non-hydrogen) atoms. The first-order valence-electron chi connectivity index (χ1n) is 10.8. The van der Waals surface area contributed by atoms with Crippen molar-refractivity contribution in [2.24, 2.45) is 5.92 Å². The fourth-order valence-electron chi connectivity index (χ4n) is 4.60. The van der Waals surface area contributed by atoms with Gasteiger partial charge in [0.25, 0.3) is 0 Å². The smallest absolute Gasteiger partial charge is 0.209 e. The summed E-state index contributed by atoms with van der Waals surface area (Å²) in [5, 5.41) is 9.00. The van der Waals surface area contributed by atoms with Crippen LogP contribution in [0.4, 0.5) is 0 Å². The van der Waals surface area contributed by atoms with Crippen LogP contribution in [0.15, 0.2) is 33.0 Å². The van der Waals surface area contributed by atoms with Crippen LogP contribution < -0.4 is 5.49 Å². The van der Waals surface area contributed by atoms with Crippen LogP contribution in [-0.4, -0.2) is 43.9 Å². The van der Waals surface area contributed by atoms with Crippen LogP contribution >= 0.6 is 27.7 Å². The van der Waals surface area contributed by atoms with Gasteiger partial charge in [0.05, 0.1) is 6.33 Å². The van der Waals surface area contributed by atoms with E-state index in [0.29, 0.717) is 11.4 Å². The van der Waals surface area contributed by atoms with Gasteiger partial charge in [-0.05, 0) is 83.6 Å². The molecule has 1 aliphatic heterocycles. The van der Waals surface area contributed by atoms with Gasteiger partial charge < -0.3 is 14.5 Å². The zero-order chi connectivity index (χ0) is 21.4. The van der Waals surface area contributed by atoms with Crippen LogP contribution in [-0.2, 0) is 24.2 Å². The Morgan fingerprint density at radius 3 is 2.81 bits per heavy atom. The van der Waals surface area contributed by atoms with Gasteiger partial charge in [0.15, 0.2) is 16.3 Å². The van der Waals surface area contributed by atoms with E-state index in [0.717, 1.165) is 78.3 Å². The summed E-state index contributed by atoms with van der Waals surface area (Å²) in [7, 11) is 0. The van der Waals surface area contributed by atoms with Gasteiger partial charge in [0, 0.05) is 29.0 Å². The van der Waals surface area contributed by atoms with Gasteiger partial charge >= 0.3 is 0 Å². The summed E-state index contributed by atoms with van der Waals surface area (Å²) >= 11 is 5.31. The summed E-state index contributed by atoms with van der Waals surface area (Å²) in [5.41, 5.74) is 4.55. The quantitative estimate of drug-likeness (QED) is 0.502. The van der Waals surface area contributed by atoms with E-state index in [-0.39, 0.29) is 5.49 Å². The van der Waals surface area contributed by atoms with Crippen LogP contribution in [0.25, 0.3) is 11.2 Å². The van der Waals surface area contributed by atoms with Crippen molar-refractivity contribution in [3.8, 4) is 0 Å².